The minimum atomic E-state index is -0.363. The normalized spacial score (nSPS) is 16.0. The molecule has 1 saturated heterocycles. The third kappa shape index (κ3) is 4.36. The second kappa shape index (κ2) is 8.87. The highest BCUT2D eigenvalue weighted by atomic mass is 19.1. The number of H-pyrrole nitrogens is 1. The lowest BCUT2D eigenvalue weighted by Crippen LogP contribution is -2.30. The van der Waals surface area contributed by atoms with Gasteiger partial charge in [0.2, 0.25) is 0 Å². The van der Waals surface area contributed by atoms with Crippen LogP contribution in [0.1, 0.15) is 16.8 Å². The quantitative estimate of drug-likeness (QED) is 0.495. The molecule has 1 N–H and O–H groups in total. The number of rotatable bonds is 5. The fraction of sp³-hybridized carbons (Fsp3) is 0.269. The van der Waals surface area contributed by atoms with Crippen molar-refractivity contribution in [2.75, 3.05) is 33.7 Å². The van der Waals surface area contributed by atoms with E-state index in [1.165, 1.54) is 12.1 Å². The summed E-state index contributed by atoms with van der Waals surface area (Å²) in [6, 6.07) is 13.2. The molecule has 0 unspecified atom stereocenters. The van der Waals surface area contributed by atoms with Crippen LogP contribution in [-0.2, 0) is 0 Å². The predicted octanol–water partition coefficient (Wildman–Crippen LogP) is 3.54. The van der Waals surface area contributed by atoms with Gasteiger partial charge in [0.1, 0.15) is 5.82 Å². The molecule has 2 aromatic heterocycles. The number of pyridine rings is 1. The Bertz CT molecular complexity index is 1410. The summed E-state index contributed by atoms with van der Waals surface area (Å²) in [5.74, 6) is 0.192. The van der Waals surface area contributed by atoms with E-state index in [1.807, 2.05) is 29.2 Å². The van der Waals surface area contributed by atoms with Crippen molar-refractivity contribution in [1.82, 2.24) is 24.6 Å². The number of amides is 1. The van der Waals surface area contributed by atoms with Gasteiger partial charge >= 0.3 is 0 Å². The lowest BCUT2D eigenvalue weighted by atomic mass is 10.1. The molecule has 1 fully saturated rings. The van der Waals surface area contributed by atoms with E-state index in [1.54, 1.807) is 29.2 Å². The van der Waals surface area contributed by atoms with Gasteiger partial charge in [-0.05, 0) is 75.0 Å². The number of nitrogens with zero attached hydrogens (tertiary/aromatic N) is 4. The van der Waals surface area contributed by atoms with E-state index in [4.69, 9.17) is 0 Å². The van der Waals surface area contributed by atoms with Gasteiger partial charge in [0.05, 0.1) is 17.4 Å². The lowest BCUT2D eigenvalue weighted by Gasteiger charge is -2.18. The molecule has 1 aliphatic rings. The first kappa shape index (κ1) is 22.0. The maximum atomic E-state index is 13.6. The largest absolute Gasteiger partial charge is 0.338 e. The Balaban J connectivity index is 1.34. The molecule has 0 spiro atoms. The second-order valence-corrected chi connectivity index (χ2v) is 9.13. The zero-order valence-corrected chi connectivity index (χ0v) is 19.2. The van der Waals surface area contributed by atoms with E-state index in [0.717, 1.165) is 31.7 Å². The highest BCUT2D eigenvalue weighted by Gasteiger charge is 2.27. The number of aromatic amines is 1. The van der Waals surface area contributed by atoms with Crippen LogP contribution in [0.5, 0.6) is 0 Å². The molecule has 0 bridgehead atoms. The summed E-state index contributed by atoms with van der Waals surface area (Å²) in [4.78, 5) is 32.3. The molecule has 1 amide bonds. The minimum absolute atomic E-state index is 0.0453. The topological polar surface area (TPSA) is 74.2 Å². The SMILES string of the molecule is CN(C)C[C@@H]1CCN(C(=O)c2ccc(-n3cc(-c4cc5cc(F)ccc5[nH]c4=O)cn3)cc2)C1. The molecule has 7 nitrogen and oxygen atoms in total. The first-order valence-electron chi connectivity index (χ1n) is 11.3. The van der Waals surface area contributed by atoms with E-state index in [0.29, 0.717) is 33.5 Å². The van der Waals surface area contributed by atoms with Gasteiger partial charge in [0, 0.05) is 47.9 Å². The molecule has 5 rings (SSSR count). The molecule has 3 heterocycles. The Morgan fingerprint density at radius 2 is 1.97 bits per heavy atom. The molecular formula is C26H26FN5O2. The summed E-state index contributed by atoms with van der Waals surface area (Å²) >= 11 is 0. The number of carbonyl (C=O) groups is 1. The zero-order chi connectivity index (χ0) is 23.8. The van der Waals surface area contributed by atoms with Crippen LogP contribution < -0.4 is 5.56 Å². The van der Waals surface area contributed by atoms with E-state index in [-0.39, 0.29) is 17.3 Å². The first-order chi connectivity index (χ1) is 16.4. The fourth-order valence-electron chi connectivity index (χ4n) is 4.62. The van der Waals surface area contributed by atoms with Gasteiger partial charge in [0.25, 0.3) is 11.5 Å². The Morgan fingerprint density at radius 3 is 2.74 bits per heavy atom. The number of halogens is 1. The molecule has 0 radical (unpaired) electrons. The highest BCUT2D eigenvalue weighted by molar-refractivity contribution is 5.94. The van der Waals surface area contributed by atoms with Crippen LogP contribution >= 0.6 is 0 Å². The monoisotopic (exact) mass is 459 g/mol. The maximum Gasteiger partial charge on any atom is 0.256 e. The van der Waals surface area contributed by atoms with Crippen LogP contribution in [0.4, 0.5) is 4.39 Å². The van der Waals surface area contributed by atoms with Crippen LogP contribution in [0, 0.1) is 11.7 Å². The summed E-state index contributed by atoms with van der Waals surface area (Å²) in [6.07, 6.45) is 4.38. The molecule has 34 heavy (non-hydrogen) atoms. The van der Waals surface area contributed by atoms with Crippen molar-refractivity contribution in [3.63, 3.8) is 0 Å². The van der Waals surface area contributed by atoms with Crippen LogP contribution in [0.3, 0.4) is 0 Å². The van der Waals surface area contributed by atoms with Crippen molar-refractivity contribution in [3.05, 3.63) is 82.7 Å². The van der Waals surface area contributed by atoms with Gasteiger partial charge in [-0.2, -0.15) is 5.10 Å². The number of aromatic nitrogens is 3. The molecule has 4 aromatic rings. The highest BCUT2D eigenvalue weighted by Crippen LogP contribution is 2.23. The number of fused-ring (bicyclic) bond motifs is 1. The van der Waals surface area contributed by atoms with Gasteiger partial charge < -0.3 is 14.8 Å². The van der Waals surface area contributed by atoms with Gasteiger partial charge in [0.15, 0.2) is 0 Å². The number of carbonyl (C=O) groups excluding carboxylic acids is 1. The third-order valence-corrected chi connectivity index (χ3v) is 6.28. The fourth-order valence-corrected chi connectivity index (χ4v) is 4.62. The minimum Gasteiger partial charge on any atom is -0.338 e. The Labute approximate surface area is 196 Å². The second-order valence-electron chi connectivity index (χ2n) is 9.13. The van der Waals surface area contributed by atoms with E-state index in [9.17, 15) is 14.0 Å². The van der Waals surface area contributed by atoms with Crippen LogP contribution in [0.2, 0.25) is 0 Å². The molecule has 8 heteroatoms. The summed E-state index contributed by atoms with van der Waals surface area (Å²) < 4.78 is 15.3. The van der Waals surface area contributed by atoms with Gasteiger partial charge in [-0.1, -0.05) is 0 Å². The summed E-state index contributed by atoms with van der Waals surface area (Å²) in [5.41, 5.74) is 2.77. The Kier molecular flexibility index (Phi) is 5.75. The van der Waals surface area contributed by atoms with Crippen LogP contribution in [0.15, 0.2) is 65.7 Å². The predicted molar refractivity (Wildman–Crippen MR) is 130 cm³/mol. The molecule has 174 valence electrons. The van der Waals surface area contributed by atoms with Crippen LogP contribution in [-0.4, -0.2) is 64.2 Å². The molecule has 1 aliphatic heterocycles. The first-order valence-corrected chi connectivity index (χ1v) is 11.3. The average Bonchev–Trinajstić information content (AvgIpc) is 3.48. The van der Waals surface area contributed by atoms with Gasteiger partial charge in [-0.3, -0.25) is 9.59 Å². The smallest absolute Gasteiger partial charge is 0.256 e. The number of benzene rings is 2. The summed E-state index contributed by atoms with van der Waals surface area (Å²) in [6.45, 7) is 2.55. The summed E-state index contributed by atoms with van der Waals surface area (Å²) in [5, 5.41) is 4.99. The van der Waals surface area contributed by atoms with E-state index >= 15 is 0 Å². The number of hydrogen-bond donors (Lipinski definition) is 1. The molecule has 2 aromatic carbocycles. The molecule has 0 aliphatic carbocycles. The van der Waals surface area contributed by atoms with Crippen molar-refractivity contribution in [2.24, 2.45) is 5.92 Å². The standard InChI is InChI=1S/C26H26FN5O2/c1-30(2)14-17-9-10-31(15-17)26(34)18-3-6-22(7-4-18)32-16-20(13-28-32)23-12-19-11-21(27)5-8-24(19)29-25(23)33/h3-8,11-13,16-17H,9-10,14-15H2,1-2H3,(H,29,33)/t17-/m0/s1. The number of hydrogen-bond acceptors (Lipinski definition) is 4. The third-order valence-electron chi connectivity index (χ3n) is 6.28. The Hall–Kier alpha value is -3.78. The maximum absolute atomic E-state index is 13.6. The molecule has 1 atom stereocenters. The van der Waals surface area contributed by atoms with Crippen molar-refractivity contribution >= 4 is 16.8 Å². The van der Waals surface area contributed by atoms with Crippen molar-refractivity contribution in [2.45, 2.75) is 6.42 Å². The van der Waals surface area contributed by atoms with Crippen molar-refractivity contribution < 1.29 is 9.18 Å². The van der Waals surface area contributed by atoms with Gasteiger partial charge in [-0.25, -0.2) is 9.07 Å². The zero-order valence-electron chi connectivity index (χ0n) is 19.2. The van der Waals surface area contributed by atoms with Crippen LogP contribution in [0.25, 0.3) is 27.7 Å². The van der Waals surface area contributed by atoms with Crippen molar-refractivity contribution in [3.8, 4) is 16.8 Å². The van der Waals surface area contributed by atoms with Gasteiger partial charge in [-0.15, -0.1) is 0 Å². The molecule has 0 saturated carbocycles. The molecular weight excluding hydrogens is 433 g/mol. The van der Waals surface area contributed by atoms with E-state index < -0.39 is 0 Å². The number of likely N-dealkylation sites (tertiary alicyclic amines) is 1. The Morgan fingerprint density at radius 1 is 1.18 bits per heavy atom. The van der Waals surface area contributed by atoms with Crippen molar-refractivity contribution in [1.29, 1.82) is 0 Å². The van der Waals surface area contributed by atoms with E-state index in [2.05, 4.69) is 29.1 Å². The average molecular weight is 460 g/mol. The lowest BCUT2D eigenvalue weighted by molar-refractivity contribution is 0.0785. The summed E-state index contributed by atoms with van der Waals surface area (Å²) in [7, 11) is 4.11. The number of nitrogens with one attached hydrogen (secondary N) is 1.